The number of amides is 2. The number of hydrogen-bond acceptors (Lipinski definition) is 16. The molecule has 0 saturated carbocycles. The van der Waals surface area contributed by atoms with Gasteiger partial charge in [-0.2, -0.15) is 0 Å². The number of nitrogens with zero attached hydrogens (tertiary/aromatic N) is 2. The number of aromatic nitrogens is 2. The second-order valence-electron chi connectivity index (χ2n) is 27.2. The molecule has 0 atom stereocenters. The number of carbonyl (C=O) groups excluding carboxylic acids is 8. The van der Waals surface area contributed by atoms with Gasteiger partial charge in [-0.1, -0.05) is 12.1 Å². The highest BCUT2D eigenvalue weighted by molar-refractivity contribution is 6.00. The lowest BCUT2D eigenvalue weighted by molar-refractivity contribution is -0.158. The van der Waals surface area contributed by atoms with Crippen molar-refractivity contribution in [3.8, 4) is 11.4 Å². The minimum absolute atomic E-state index is 0.0534. The fourth-order valence-corrected chi connectivity index (χ4v) is 8.97. The average Bonchev–Trinajstić information content (AvgIpc) is 3.46. The Kier molecular flexibility index (Phi) is 22.2. The van der Waals surface area contributed by atoms with E-state index in [0.29, 0.717) is 33.2 Å². The second-order valence-corrected chi connectivity index (χ2v) is 27.2. The van der Waals surface area contributed by atoms with Crippen molar-refractivity contribution in [3.05, 3.63) is 71.8 Å². The summed E-state index contributed by atoms with van der Waals surface area (Å²) in [5, 5.41) is 7.51. The number of ether oxygens (including phenoxy) is 6. The molecular formula is C64H90N4O14. The van der Waals surface area contributed by atoms with E-state index >= 15 is 0 Å². The summed E-state index contributed by atoms with van der Waals surface area (Å²) in [5.74, 6) is -4.01. The summed E-state index contributed by atoms with van der Waals surface area (Å²) in [6.45, 7) is 31.6. The lowest BCUT2D eigenvalue weighted by Crippen LogP contribution is -2.50. The highest BCUT2D eigenvalue weighted by Crippen LogP contribution is 2.33. The lowest BCUT2D eigenvalue weighted by Gasteiger charge is -2.36. The molecule has 18 heteroatoms. The summed E-state index contributed by atoms with van der Waals surface area (Å²) in [4.78, 5) is 117. The number of pyridine rings is 2. The van der Waals surface area contributed by atoms with Gasteiger partial charge in [0.2, 0.25) is 0 Å². The molecule has 2 heterocycles. The van der Waals surface area contributed by atoms with Crippen LogP contribution >= 0.6 is 0 Å². The zero-order chi connectivity index (χ0) is 61.9. The van der Waals surface area contributed by atoms with Crippen LogP contribution in [0.2, 0.25) is 0 Å². The minimum Gasteiger partial charge on any atom is -0.460 e. The van der Waals surface area contributed by atoms with Crippen molar-refractivity contribution in [2.24, 2.45) is 0 Å². The Bertz CT molecular complexity index is 2600. The van der Waals surface area contributed by atoms with Gasteiger partial charge < -0.3 is 39.1 Å². The van der Waals surface area contributed by atoms with Crippen molar-refractivity contribution in [2.75, 3.05) is 0 Å². The van der Waals surface area contributed by atoms with E-state index in [1.165, 1.54) is 0 Å². The maximum absolute atomic E-state index is 14.4. The molecule has 2 N–H and O–H groups in total. The van der Waals surface area contributed by atoms with Crippen molar-refractivity contribution < 1.29 is 66.8 Å². The van der Waals surface area contributed by atoms with E-state index in [2.05, 4.69) is 10.6 Å². The number of rotatable bonds is 23. The largest absolute Gasteiger partial charge is 0.460 e. The first kappa shape index (κ1) is 67.5. The topological polar surface area (TPSA) is 242 Å². The molecule has 2 aromatic carbocycles. The number of hydrogen-bond donors (Lipinski definition) is 2. The second kappa shape index (κ2) is 26.9. The summed E-state index contributed by atoms with van der Waals surface area (Å²) >= 11 is 0. The molecule has 0 fully saturated rings. The van der Waals surface area contributed by atoms with E-state index in [-0.39, 0.29) is 88.2 Å². The average molecular weight is 1140 g/mol. The summed E-state index contributed by atoms with van der Waals surface area (Å²) in [6.07, 6.45) is -0.342. The van der Waals surface area contributed by atoms with Crippen LogP contribution in [0.5, 0.6) is 0 Å². The fourth-order valence-electron chi connectivity index (χ4n) is 8.97. The number of carbonyl (C=O) groups is 8. The van der Waals surface area contributed by atoms with Gasteiger partial charge in [0.25, 0.3) is 11.8 Å². The smallest absolute Gasteiger partial charge is 0.306 e. The zero-order valence-corrected chi connectivity index (χ0v) is 51.9. The standard InChI is InChI=1S/C64H90N4O14/c1-57(2,3)77-49(69)27-33-63(34-28-50(70)78-58(4,5)6,35-29-51(71)79-59(7,8)9)67-55(75)43-21-23-45-41(39-43)19-25-47(65-45)48-26-20-42-40-44(22-24-46(42)66-48)56(76)68-64(36-30-52(72)80-60(10,11)12,37-31-53(73)81-61(13,14)15)38-32-54(74)82-62(16,17)18/h19-26,39-40H,27-38H2,1-18H3,(H,67,75)(H,68,76). The molecule has 0 saturated heterocycles. The summed E-state index contributed by atoms with van der Waals surface area (Å²) in [5.41, 5.74) is -4.38. The molecule has 0 bridgehead atoms. The van der Waals surface area contributed by atoms with Gasteiger partial charge in [0, 0.05) is 71.5 Å². The molecule has 0 aliphatic heterocycles. The van der Waals surface area contributed by atoms with Crippen LogP contribution in [0.3, 0.4) is 0 Å². The highest BCUT2D eigenvalue weighted by Gasteiger charge is 2.38. The number of fused-ring (bicyclic) bond motifs is 2. The number of benzene rings is 2. The van der Waals surface area contributed by atoms with Gasteiger partial charge in [0.1, 0.15) is 33.6 Å². The van der Waals surface area contributed by atoms with Crippen LogP contribution in [0.15, 0.2) is 60.7 Å². The van der Waals surface area contributed by atoms with Gasteiger partial charge in [-0.3, -0.25) is 38.4 Å². The molecule has 0 aliphatic rings. The van der Waals surface area contributed by atoms with E-state index in [9.17, 15) is 38.4 Å². The van der Waals surface area contributed by atoms with Crippen LogP contribution in [-0.4, -0.2) is 102 Å². The summed E-state index contributed by atoms with van der Waals surface area (Å²) in [7, 11) is 0. The van der Waals surface area contributed by atoms with Crippen LogP contribution in [0.1, 0.15) is 222 Å². The number of nitrogens with one attached hydrogen (secondary N) is 2. The van der Waals surface area contributed by atoms with Crippen LogP contribution in [0.4, 0.5) is 0 Å². The summed E-state index contributed by atoms with van der Waals surface area (Å²) in [6, 6.07) is 17.2. The van der Waals surface area contributed by atoms with Gasteiger partial charge in [-0.15, -0.1) is 0 Å². The molecule has 82 heavy (non-hydrogen) atoms. The van der Waals surface area contributed by atoms with Crippen molar-refractivity contribution in [3.63, 3.8) is 0 Å². The third-order valence-electron chi connectivity index (χ3n) is 12.3. The van der Waals surface area contributed by atoms with Gasteiger partial charge in [0.05, 0.1) is 22.4 Å². The first-order chi connectivity index (χ1) is 37.5. The molecule has 2 amide bonds. The Morgan fingerprint density at radius 3 is 0.756 bits per heavy atom. The number of esters is 6. The van der Waals surface area contributed by atoms with Crippen molar-refractivity contribution in [1.29, 1.82) is 0 Å². The SMILES string of the molecule is CC(C)(C)OC(=O)CCC(CCC(=O)OC(C)(C)C)(CCC(=O)OC(C)(C)C)NC(=O)c1ccc2nc(-c3ccc4cc(C(=O)NC(CCC(=O)OC(C)(C)C)(CCC(=O)OC(C)(C)C)CCC(=O)OC(C)(C)C)ccc4n3)ccc2c1. The van der Waals surface area contributed by atoms with Crippen LogP contribution in [0, 0.1) is 0 Å². The molecule has 4 aromatic rings. The van der Waals surface area contributed by atoms with Crippen LogP contribution in [0.25, 0.3) is 33.2 Å². The van der Waals surface area contributed by atoms with E-state index in [4.69, 9.17) is 38.4 Å². The zero-order valence-electron chi connectivity index (χ0n) is 51.9. The monoisotopic (exact) mass is 1140 g/mol. The van der Waals surface area contributed by atoms with E-state index in [1.807, 2.05) is 12.1 Å². The minimum atomic E-state index is -1.24. The normalized spacial score (nSPS) is 12.8. The fraction of sp³-hybridized carbons (Fsp3) is 0.594. The van der Waals surface area contributed by atoms with Crippen molar-refractivity contribution in [2.45, 2.75) is 246 Å². The van der Waals surface area contributed by atoms with Gasteiger partial charge in [-0.05, 0) is 212 Å². The lowest BCUT2D eigenvalue weighted by atomic mass is 9.83. The van der Waals surface area contributed by atoms with Crippen LogP contribution < -0.4 is 10.6 Å². The maximum Gasteiger partial charge on any atom is 0.306 e. The molecule has 0 radical (unpaired) electrons. The highest BCUT2D eigenvalue weighted by atomic mass is 16.6. The predicted molar refractivity (Wildman–Crippen MR) is 313 cm³/mol. The van der Waals surface area contributed by atoms with E-state index in [1.54, 1.807) is 173 Å². The Hall–Kier alpha value is -6.98. The molecule has 4 rings (SSSR count). The maximum atomic E-state index is 14.4. The predicted octanol–water partition coefficient (Wildman–Crippen LogP) is 12.1. The van der Waals surface area contributed by atoms with E-state index in [0.717, 1.165) is 0 Å². The van der Waals surface area contributed by atoms with Gasteiger partial charge in [0.15, 0.2) is 0 Å². The summed E-state index contributed by atoms with van der Waals surface area (Å²) < 4.78 is 33.7. The van der Waals surface area contributed by atoms with Crippen molar-refractivity contribution >= 4 is 69.4 Å². The Balaban J connectivity index is 1.66. The molecule has 2 aromatic heterocycles. The molecular weight excluding hydrogens is 1050 g/mol. The molecule has 0 unspecified atom stereocenters. The Labute approximate surface area is 484 Å². The third-order valence-corrected chi connectivity index (χ3v) is 12.3. The van der Waals surface area contributed by atoms with Gasteiger partial charge in [-0.25, -0.2) is 9.97 Å². The third kappa shape index (κ3) is 24.2. The van der Waals surface area contributed by atoms with Crippen molar-refractivity contribution in [1.82, 2.24) is 20.6 Å². The quantitative estimate of drug-likeness (QED) is 0.0518. The first-order valence-electron chi connectivity index (χ1n) is 28.3. The molecule has 0 spiro atoms. The van der Waals surface area contributed by atoms with Crippen LogP contribution in [-0.2, 0) is 57.2 Å². The Morgan fingerprint density at radius 2 is 0.549 bits per heavy atom. The molecule has 18 nitrogen and oxygen atoms in total. The Morgan fingerprint density at radius 1 is 0.329 bits per heavy atom. The molecule has 0 aliphatic carbocycles. The molecule has 450 valence electrons. The first-order valence-corrected chi connectivity index (χ1v) is 28.3. The van der Waals surface area contributed by atoms with E-state index < -0.39 is 92.3 Å². The van der Waals surface area contributed by atoms with Gasteiger partial charge >= 0.3 is 35.8 Å².